The van der Waals surface area contributed by atoms with E-state index in [4.69, 9.17) is 0 Å². The first-order chi connectivity index (χ1) is 12.3. The van der Waals surface area contributed by atoms with Crippen LogP contribution in [0.1, 0.15) is 23.5 Å². The van der Waals surface area contributed by atoms with E-state index in [1.165, 1.54) is 0 Å². The Kier molecular flexibility index (Phi) is 3.41. The minimum atomic E-state index is 0.0440. The molecule has 5 rings (SSSR count). The van der Waals surface area contributed by atoms with Crippen molar-refractivity contribution in [3.8, 4) is 0 Å². The number of hydrogen-bond acceptors (Lipinski definition) is 5. The standard InChI is InChI=1S/C18H20N6O/c25-18-8-14-4-3-5-15(14)21-24(18)11-13-9-22(10-13)12-17-20-19-16-6-1-2-7-23(16)17/h1-2,6-8,13H,3-5,9-12H2. The van der Waals surface area contributed by atoms with Crippen molar-refractivity contribution in [1.29, 1.82) is 0 Å². The first-order valence-electron chi connectivity index (χ1n) is 8.87. The molecule has 0 radical (unpaired) electrons. The van der Waals surface area contributed by atoms with Crippen LogP contribution in [-0.2, 0) is 25.9 Å². The maximum Gasteiger partial charge on any atom is 0.267 e. The third-order valence-corrected chi connectivity index (χ3v) is 5.24. The van der Waals surface area contributed by atoms with Crippen molar-refractivity contribution in [3.63, 3.8) is 0 Å². The molecule has 7 heteroatoms. The molecule has 3 aromatic rings. The lowest BCUT2D eigenvalue weighted by atomic mass is 10.0. The van der Waals surface area contributed by atoms with Crippen molar-refractivity contribution in [2.24, 2.45) is 5.92 Å². The van der Waals surface area contributed by atoms with Crippen molar-refractivity contribution >= 4 is 5.65 Å². The van der Waals surface area contributed by atoms with Gasteiger partial charge in [0.15, 0.2) is 11.5 Å². The van der Waals surface area contributed by atoms with Crippen LogP contribution in [0.2, 0.25) is 0 Å². The summed E-state index contributed by atoms with van der Waals surface area (Å²) >= 11 is 0. The van der Waals surface area contributed by atoms with Gasteiger partial charge in [0.25, 0.3) is 5.56 Å². The van der Waals surface area contributed by atoms with Gasteiger partial charge < -0.3 is 0 Å². The Labute approximate surface area is 144 Å². The molecule has 0 saturated carbocycles. The first kappa shape index (κ1) is 14.8. The highest BCUT2D eigenvalue weighted by molar-refractivity contribution is 5.37. The topological polar surface area (TPSA) is 68.3 Å². The third-order valence-electron chi connectivity index (χ3n) is 5.24. The molecule has 1 aliphatic carbocycles. The second-order valence-corrected chi connectivity index (χ2v) is 7.10. The van der Waals surface area contributed by atoms with Crippen molar-refractivity contribution in [3.05, 3.63) is 57.9 Å². The Hall–Kier alpha value is -2.54. The highest BCUT2D eigenvalue weighted by Gasteiger charge is 2.29. The largest absolute Gasteiger partial charge is 0.295 e. The fourth-order valence-electron chi connectivity index (χ4n) is 3.93. The van der Waals surface area contributed by atoms with Crippen molar-refractivity contribution in [2.75, 3.05) is 13.1 Å². The van der Waals surface area contributed by atoms with Gasteiger partial charge in [-0.2, -0.15) is 5.10 Å². The number of aromatic nitrogens is 5. The monoisotopic (exact) mass is 336 g/mol. The lowest BCUT2D eigenvalue weighted by Crippen LogP contribution is -2.49. The molecule has 0 atom stereocenters. The van der Waals surface area contributed by atoms with Gasteiger partial charge in [0.05, 0.1) is 18.8 Å². The van der Waals surface area contributed by atoms with Gasteiger partial charge in [-0.15, -0.1) is 10.2 Å². The fraction of sp³-hybridized carbons (Fsp3) is 0.444. The number of pyridine rings is 1. The molecule has 0 bridgehead atoms. The normalized spacial score (nSPS) is 17.8. The van der Waals surface area contributed by atoms with Crippen LogP contribution in [-0.4, -0.2) is 42.4 Å². The van der Waals surface area contributed by atoms with Crippen LogP contribution in [0.3, 0.4) is 0 Å². The molecule has 3 aromatic heterocycles. The van der Waals surface area contributed by atoms with Gasteiger partial charge in [-0.3, -0.25) is 14.1 Å². The molecule has 128 valence electrons. The Morgan fingerprint density at radius 2 is 2.08 bits per heavy atom. The summed E-state index contributed by atoms with van der Waals surface area (Å²) in [5.74, 6) is 1.44. The van der Waals surface area contributed by atoms with Crippen LogP contribution in [0.25, 0.3) is 5.65 Å². The molecule has 0 spiro atoms. The van der Waals surface area contributed by atoms with Gasteiger partial charge in [-0.1, -0.05) is 6.07 Å². The zero-order valence-corrected chi connectivity index (χ0v) is 14.0. The molecule has 0 aromatic carbocycles. The van der Waals surface area contributed by atoms with E-state index in [0.717, 1.165) is 61.6 Å². The van der Waals surface area contributed by atoms with E-state index in [1.807, 2.05) is 28.8 Å². The molecule has 7 nitrogen and oxygen atoms in total. The number of rotatable bonds is 4. The maximum absolute atomic E-state index is 12.2. The zero-order valence-electron chi connectivity index (χ0n) is 14.0. The maximum atomic E-state index is 12.2. The summed E-state index contributed by atoms with van der Waals surface area (Å²) in [6, 6.07) is 7.70. The molecule has 1 saturated heterocycles. The van der Waals surface area contributed by atoms with Gasteiger partial charge in [0.1, 0.15) is 0 Å². The minimum absolute atomic E-state index is 0.0440. The van der Waals surface area contributed by atoms with Gasteiger partial charge >= 0.3 is 0 Å². The summed E-state index contributed by atoms with van der Waals surface area (Å²) in [6.07, 6.45) is 5.12. The molecule has 4 heterocycles. The molecular formula is C18H20N6O. The lowest BCUT2D eigenvalue weighted by molar-refractivity contribution is 0.0736. The Bertz CT molecular complexity index is 985. The predicted molar refractivity (Wildman–Crippen MR) is 92.3 cm³/mol. The van der Waals surface area contributed by atoms with Gasteiger partial charge in [0.2, 0.25) is 0 Å². The van der Waals surface area contributed by atoms with Crippen LogP contribution in [0, 0.1) is 5.92 Å². The molecule has 2 aliphatic rings. The van der Waals surface area contributed by atoms with Crippen molar-refractivity contribution in [2.45, 2.75) is 32.4 Å². The van der Waals surface area contributed by atoms with E-state index in [9.17, 15) is 4.79 Å². The van der Waals surface area contributed by atoms with Crippen molar-refractivity contribution in [1.82, 2.24) is 29.3 Å². The third kappa shape index (κ3) is 2.64. The van der Waals surface area contributed by atoms with Crippen LogP contribution in [0.15, 0.2) is 35.3 Å². The van der Waals surface area contributed by atoms with Gasteiger partial charge in [-0.25, -0.2) is 4.68 Å². The van der Waals surface area contributed by atoms with Crippen LogP contribution < -0.4 is 5.56 Å². The summed E-state index contributed by atoms with van der Waals surface area (Å²) in [4.78, 5) is 14.5. The Morgan fingerprint density at radius 3 is 3.00 bits per heavy atom. The van der Waals surface area contributed by atoms with E-state index in [-0.39, 0.29) is 5.56 Å². The van der Waals surface area contributed by atoms with E-state index in [1.54, 1.807) is 10.7 Å². The number of hydrogen-bond donors (Lipinski definition) is 0. The molecule has 1 aliphatic heterocycles. The molecule has 0 unspecified atom stereocenters. The zero-order chi connectivity index (χ0) is 16.8. The van der Waals surface area contributed by atoms with Crippen molar-refractivity contribution < 1.29 is 0 Å². The van der Waals surface area contributed by atoms with Crippen LogP contribution >= 0.6 is 0 Å². The fourth-order valence-corrected chi connectivity index (χ4v) is 3.93. The SMILES string of the molecule is O=c1cc2c(nn1CC1CN(Cc3nnc4ccccn34)C1)CCC2. The summed E-state index contributed by atoms with van der Waals surface area (Å²) in [5, 5.41) is 13.1. The number of aryl methyl sites for hydroxylation is 2. The molecule has 25 heavy (non-hydrogen) atoms. The minimum Gasteiger partial charge on any atom is -0.295 e. The highest BCUT2D eigenvalue weighted by atomic mass is 16.1. The first-order valence-corrected chi connectivity index (χ1v) is 8.87. The average Bonchev–Trinajstić information content (AvgIpc) is 3.19. The van der Waals surface area contributed by atoms with E-state index in [0.29, 0.717) is 12.5 Å². The van der Waals surface area contributed by atoms with E-state index in [2.05, 4.69) is 20.2 Å². The number of nitrogens with zero attached hydrogens (tertiary/aromatic N) is 6. The van der Waals surface area contributed by atoms with Gasteiger partial charge in [0, 0.05) is 31.3 Å². The molecule has 0 amide bonds. The summed E-state index contributed by atoms with van der Waals surface area (Å²) in [6.45, 7) is 3.43. The Morgan fingerprint density at radius 1 is 1.16 bits per heavy atom. The summed E-state index contributed by atoms with van der Waals surface area (Å²) in [5.41, 5.74) is 3.19. The lowest BCUT2D eigenvalue weighted by Gasteiger charge is -2.38. The quantitative estimate of drug-likeness (QED) is 0.708. The Balaban J connectivity index is 1.23. The number of likely N-dealkylation sites (tertiary alicyclic amines) is 1. The smallest absolute Gasteiger partial charge is 0.267 e. The van der Waals surface area contributed by atoms with E-state index < -0.39 is 0 Å². The highest BCUT2D eigenvalue weighted by Crippen LogP contribution is 2.21. The molecule has 1 fully saturated rings. The second kappa shape index (κ2) is 5.77. The molecular weight excluding hydrogens is 316 g/mol. The summed E-state index contributed by atoms with van der Waals surface area (Å²) < 4.78 is 3.69. The second-order valence-electron chi connectivity index (χ2n) is 7.10. The molecule has 0 N–H and O–H groups in total. The van der Waals surface area contributed by atoms with Crippen LogP contribution in [0.4, 0.5) is 0 Å². The number of fused-ring (bicyclic) bond motifs is 2. The van der Waals surface area contributed by atoms with Gasteiger partial charge in [-0.05, 0) is 37.0 Å². The van der Waals surface area contributed by atoms with E-state index >= 15 is 0 Å². The van der Waals surface area contributed by atoms with Crippen LogP contribution in [0.5, 0.6) is 0 Å². The summed E-state index contributed by atoms with van der Waals surface area (Å²) in [7, 11) is 0. The average molecular weight is 336 g/mol. The predicted octanol–water partition coefficient (Wildman–Crippen LogP) is 0.907.